The molecular formula is C33H38N6O8. The van der Waals surface area contributed by atoms with Gasteiger partial charge in [0, 0.05) is 50.8 Å². The molecule has 47 heavy (non-hydrogen) atoms. The van der Waals surface area contributed by atoms with Crippen molar-refractivity contribution in [3.63, 3.8) is 0 Å². The second kappa shape index (κ2) is 15.5. The van der Waals surface area contributed by atoms with E-state index in [4.69, 9.17) is 23.9 Å². The van der Waals surface area contributed by atoms with Gasteiger partial charge >= 0.3 is 11.9 Å². The number of aromatic nitrogens is 4. The van der Waals surface area contributed by atoms with E-state index in [1.807, 2.05) is 10.6 Å². The van der Waals surface area contributed by atoms with Crippen molar-refractivity contribution in [3.05, 3.63) is 82.2 Å². The molecule has 5 rings (SSSR count). The number of rotatable bonds is 15. The van der Waals surface area contributed by atoms with Crippen molar-refractivity contribution in [2.24, 2.45) is 11.8 Å². The van der Waals surface area contributed by atoms with E-state index in [9.17, 15) is 19.7 Å². The van der Waals surface area contributed by atoms with Gasteiger partial charge in [0.05, 0.1) is 42.7 Å². The molecule has 3 heterocycles. The van der Waals surface area contributed by atoms with Gasteiger partial charge in [-0.1, -0.05) is 44.2 Å². The van der Waals surface area contributed by atoms with Gasteiger partial charge in [0.1, 0.15) is 6.23 Å². The number of non-ortho nitro benzene ring substituents is 1. The molecule has 14 nitrogen and oxygen atoms in total. The van der Waals surface area contributed by atoms with Crippen LogP contribution in [0.3, 0.4) is 0 Å². The van der Waals surface area contributed by atoms with Gasteiger partial charge in [-0.3, -0.25) is 19.5 Å². The second-order valence-corrected chi connectivity index (χ2v) is 11.7. The van der Waals surface area contributed by atoms with Crippen LogP contribution in [0.2, 0.25) is 0 Å². The van der Waals surface area contributed by atoms with Crippen molar-refractivity contribution >= 4 is 34.7 Å². The van der Waals surface area contributed by atoms with E-state index in [1.54, 1.807) is 42.7 Å². The molecular weight excluding hydrogens is 608 g/mol. The summed E-state index contributed by atoms with van der Waals surface area (Å²) in [4.78, 5) is 48.6. The highest BCUT2D eigenvalue weighted by Gasteiger charge is 2.38. The molecule has 1 aliphatic rings. The Balaban J connectivity index is 1.32. The van der Waals surface area contributed by atoms with Crippen molar-refractivity contribution in [1.29, 1.82) is 0 Å². The molecule has 248 valence electrons. The molecule has 0 bridgehead atoms. The van der Waals surface area contributed by atoms with E-state index in [-0.39, 0.29) is 43.5 Å². The fourth-order valence-corrected chi connectivity index (χ4v) is 5.21. The fourth-order valence-electron chi connectivity index (χ4n) is 5.21. The molecule has 1 aliphatic heterocycles. The van der Waals surface area contributed by atoms with Gasteiger partial charge in [0.25, 0.3) is 5.69 Å². The number of fused-ring (bicyclic) bond motifs is 1. The average molecular weight is 647 g/mol. The zero-order chi connectivity index (χ0) is 33.3. The first kappa shape index (κ1) is 33.3. The van der Waals surface area contributed by atoms with E-state index in [0.29, 0.717) is 60.3 Å². The largest absolute Gasteiger partial charge is 0.476 e. The van der Waals surface area contributed by atoms with Crippen LogP contribution in [-0.2, 0) is 25.4 Å². The number of ether oxygens (including phenoxy) is 4. The molecule has 3 atom stereocenters. The lowest BCUT2D eigenvalue weighted by atomic mass is 9.99. The van der Waals surface area contributed by atoms with Gasteiger partial charge in [-0.2, -0.15) is 9.97 Å². The second-order valence-electron chi connectivity index (χ2n) is 11.7. The Morgan fingerprint density at radius 2 is 1.85 bits per heavy atom. The van der Waals surface area contributed by atoms with Crippen LogP contribution in [0.25, 0.3) is 11.2 Å². The third-order valence-corrected chi connectivity index (χ3v) is 7.65. The zero-order valence-corrected chi connectivity index (χ0v) is 26.5. The van der Waals surface area contributed by atoms with Gasteiger partial charge in [-0.15, -0.1) is 0 Å². The van der Waals surface area contributed by atoms with Crippen molar-refractivity contribution in [2.75, 3.05) is 31.7 Å². The number of hydrogen-bond acceptors (Lipinski definition) is 12. The summed E-state index contributed by atoms with van der Waals surface area (Å²) in [5, 5.41) is 14.2. The third kappa shape index (κ3) is 8.79. The van der Waals surface area contributed by atoms with Gasteiger partial charge in [-0.05, 0) is 23.6 Å². The number of nitrogens with one attached hydrogen (secondary N) is 1. The number of anilines is 1. The zero-order valence-electron chi connectivity index (χ0n) is 26.5. The highest BCUT2D eigenvalue weighted by molar-refractivity contribution is 5.89. The molecule has 0 aliphatic carbocycles. The number of hydrogen-bond donors (Lipinski definition) is 1. The van der Waals surface area contributed by atoms with Crippen LogP contribution in [0.1, 0.15) is 55.8 Å². The molecule has 4 aromatic rings. The summed E-state index contributed by atoms with van der Waals surface area (Å²) < 4.78 is 25.2. The summed E-state index contributed by atoms with van der Waals surface area (Å²) in [7, 11) is 0. The average Bonchev–Trinajstić information content (AvgIpc) is 3.67. The molecule has 14 heteroatoms. The summed E-state index contributed by atoms with van der Waals surface area (Å²) in [5.74, 6) is 0.0338. The van der Waals surface area contributed by atoms with Crippen LogP contribution < -0.4 is 10.1 Å². The predicted molar refractivity (Wildman–Crippen MR) is 171 cm³/mol. The molecule has 1 unspecified atom stereocenters. The normalized spacial score (nSPS) is 17.5. The van der Waals surface area contributed by atoms with Crippen LogP contribution in [0, 0.1) is 22.0 Å². The number of esters is 2. The monoisotopic (exact) mass is 646 g/mol. The van der Waals surface area contributed by atoms with Crippen molar-refractivity contribution in [3.8, 4) is 5.88 Å². The van der Waals surface area contributed by atoms with E-state index >= 15 is 0 Å². The van der Waals surface area contributed by atoms with E-state index in [0.717, 1.165) is 5.56 Å². The lowest BCUT2D eigenvalue weighted by molar-refractivity contribution is -0.384. The number of carbonyl (C=O) groups excluding carboxylic acids is 2. The highest BCUT2D eigenvalue weighted by Crippen LogP contribution is 2.38. The number of nitrogens with zero attached hydrogens (tertiary/aromatic N) is 5. The van der Waals surface area contributed by atoms with Gasteiger partial charge in [-0.25, -0.2) is 9.78 Å². The Labute approximate surface area is 271 Å². The molecule has 1 saturated heterocycles. The maximum absolute atomic E-state index is 12.5. The molecule has 0 saturated carbocycles. The minimum absolute atomic E-state index is 0.0262. The van der Waals surface area contributed by atoms with Crippen LogP contribution >= 0.6 is 0 Å². The molecule has 1 fully saturated rings. The number of nitro benzene ring substituents is 1. The van der Waals surface area contributed by atoms with Gasteiger partial charge in [0.2, 0.25) is 11.8 Å². The lowest BCUT2D eigenvalue weighted by Gasteiger charge is -2.18. The summed E-state index contributed by atoms with van der Waals surface area (Å²) >= 11 is 0. The Hall–Kier alpha value is -5.11. The van der Waals surface area contributed by atoms with E-state index in [2.05, 4.69) is 29.1 Å². The summed E-state index contributed by atoms with van der Waals surface area (Å²) in [6.07, 6.45) is 2.18. The molecule has 2 aromatic heterocycles. The maximum Gasteiger partial charge on any atom is 0.338 e. The summed E-state index contributed by atoms with van der Waals surface area (Å²) in [5.41, 5.74) is 2.32. The smallest absolute Gasteiger partial charge is 0.338 e. The maximum atomic E-state index is 12.5. The van der Waals surface area contributed by atoms with Crippen molar-refractivity contribution in [1.82, 2.24) is 19.5 Å². The first-order chi connectivity index (χ1) is 22.7. The molecule has 0 spiro atoms. The van der Waals surface area contributed by atoms with Crippen LogP contribution in [0.4, 0.5) is 11.6 Å². The minimum Gasteiger partial charge on any atom is -0.476 e. The highest BCUT2D eigenvalue weighted by atomic mass is 16.6. The molecule has 0 amide bonds. The lowest BCUT2D eigenvalue weighted by Crippen LogP contribution is -2.24. The van der Waals surface area contributed by atoms with Crippen molar-refractivity contribution in [2.45, 2.75) is 52.4 Å². The summed E-state index contributed by atoms with van der Waals surface area (Å²) in [6.45, 7) is 6.69. The Bertz CT molecular complexity index is 1680. The predicted octanol–water partition coefficient (Wildman–Crippen LogP) is 5.14. The molecule has 0 radical (unpaired) electrons. The quantitative estimate of drug-likeness (QED) is 0.103. The van der Waals surface area contributed by atoms with E-state index < -0.39 is 17.1 Å². The SMILES string of the molecule is CC(=O)OC[C@H]1CC(n2cnc3c(OCCc4ccc([N+](=O)[O-])cc4)nc(NCC(C)C)nc32)O[C@@H]1CCOC(=O)c1ccccc1. The Kier molecular flexibility index (Phi) is 10.9. The van der Waals surface area contributed by atoms with Gasteiger partial charge in [0.15, 0.2) is 11.2 Å². The first-order valence-corrected chi connectivity index (χ1v) is 15.5. The molecule has 1 N–H and O–H groups in total. The Morgan fingerprint density at radius 3 is 2.55 bits per heavy atom. The fraction of sp³-hybridized carbons (Fsp3) is 0.424. The number of carbonyl (C=O) groups is 2. The number of imidazole rings is 1. The first-order valence-electron chi connectivity index (χ1n) is 15.5. The number of nitro groups is 1. The Morgan fingerprint density at radius 1 is 1.09 bits per heavy atom. The van der Waals surface area contributed by atoms with Crippen LogP contribution in [-0.4, -0.2) is 68.9 Å². The van der Waals surface area contributed by atoms with Gasteiger partial charge < -0.3 is 24.3 Å². The van der Waals surface area contributed by atoms with Crippen LogP contribution in [0.15, 0.2) is 60.9 Å². The standard InChI is InChI=1S/C33H38N6O8/c1-21(2)18-34-33-36-30-29(31(37-33)44-15-13-23-9-11-26(12-10-23)39(42)43)35-20-38(30)28-17-25(19-46-22(3)40)27(47-28)14-16-45-32(41)24-7-5-4-6-8-24/h4-12,20-21,25,27-28H,13-19H2,1-3H3,(H,34,36,37)/t25-,27-,28?/m1/s1. The summed E-state index contributed by atoms with van der Waals surface area (Å²) in [6, 6.07) is 15.1. The minimum atomic E-state index is -0.490. The third-order valence-electron chi connectivity index (χ3n) is 7.65. The van der Waals surface area contributed by atoms with Crippen molar-refractivity contribution < 1.29 is 33.5 Å². The van der Waals surface area contributed by atoms with E-state index in [1.165, 1.54) is 19.1 Å². The number of benzene rings is 2. The topological polar surface area (TPSA) is 170 Å². The molecule has 2 aromatic carbocycles. The van der Waals surface area contributed by atoms with Crippen LogP contribution in [0.5, 0.6) is 5.88 Å².